The molecule has 0 spiro atoms. The highest BCUT2D eigenvalue weighted by atomic mass is 32.2. The van der Waals surface area contributed by atoms with Crippen LogP contribution in [0.15, 0.2) is 65.0 Å². The fourth-order valence-corrected chi connectivity index (χ4v) is 5.67. The second kappa shape index (κ2) is 10.7. The highest BCUT2D eigenvalue weighted by Crippen LogP contribution is 2.46. The first kappa shape index (κ1) is 25.0. The molecule has 0 saturated heterocycles. The van der Waals surface area contributed by atoms with E-state index in [1.165, 1.54) is 7.11 Å². The second-order valence-corrected chi connectivity index (χ2v) is 10.3. The third-order valence-corrected chi connectivity index (χ3v) is 7.63. The zero-order chi connectivity index (χ0) is 25.1. The molecule has 0 radical (unpaired) electrons. The number of rotatable bonds is 7. The van der Waals surface area contributed by atoms with E-state index in [4.69, 9.17) is 9.47 Å². The average molecular weight is 494 g/mol. The van der Waals surface area contributed by atoms with Crippen LogP contribution in [-0.2, 0) is 23.9 Å². The van der Waals surface area contributed by atoms with E-state index in [2.05, 4.69) is 12.2 Å². The van der Waals surface area contributed by atoms with Gasteiger partial charge < -0.3 is 14.8 Å². The number of methoxy groups -OCH3 is 1. The van der Waals surface area contributed by atoms with E-state index in [0.29, 0.717) is 29.0 Å². The van der Waals surface area contributed by atoms with Crippen molar-refractivity contribution in [2.75, 3.05) is 25.2 Å². The number of carbonyl (C=O) groups is 3. The minimum Gasteiger partial charge on any atom is -0.468 e. The number of allylic oxidation sites excluding steroid dienone is 3. The number of ether oxygens (including phenoxy) is 2. The smallest absolute Gasteiger partial charge is 0.336 e. The van der Waals surface area contributed by atoms with Crippen LogP contribution in [0.25, 0.3) is 10.8 Å². The van der Waals surface area contributed by atoms with Gasteiger partial charge in [-0.25, -0.2) is 4.79 Å². The van der Waals surface area contributed by atoms with Crippen LogP contribution in [0.2, 0.25) is 0 Å². The fraction of sp³-hybridized carbons (Fsp3) is 0.393. The number of nitrogens with one attached hydrogen (secondary N) is 1. The molecule has 0 aromatic heterocycles. The molecule has 3 unspecified atom stereocenters. The predicted octanol–water partition coefficient (Wildman–Crippen LogP) is 4.75. The minimum absolute atomic E-state index is 0.221. The molecule has 7 heteroatoms. The number of fused-ring (bicyclic) bond motifs is 1. The lowest BCUT2D eigenvalue weighted by molar-refractivity contribution is -0.151. The van der Waals surface area contributed by atoms with Gasteiger partial charge in [-0.3, -0.25) is 9.59 Å². The molecular formula is C28H31NO5S. The van der Waals surface area contributed by atoms with Crippen molar-refractivity contribution in [1.82, 2.24) is 5.32 Å². The molecule has 0 fully saturated rings. The number of hydrogen-bond acceptors (Lipinski definition) is 7. The maximum atomic E-state index is 13.9. The van der Waals surface area contributed by atoms with E-state index < -0.39 is 23.8 Å². The van der Waals surface area contributed by atoms with E-state index in [-0.39, 0.29) is 18.3 Å². The Morgan fingerprint density at radius 3 is 2.63 bits per heavy atom. The van der Waals surface area contributed by atoms with Gasteiger partial charge in [0, 0.05) is 28.6 Å². The van der Waals surface area contributed by atoms with Crippen LogP contribution in [0.4, 0.5) is 0 Å². The van der Waals surface area contributed by atoms with Crippen molar-refractivity contribution in [3.8, 4) is 0 Å². The Labute approximate surface area is 210 Å². The molecule has 0 saturated carbocycles. The molecule has 0 amide bonds. The Bertz CT molecular complexity index is 1230. The first-order valence-electron chi connectivity index (χ1n) is 11.9. The van der Waals surface area contributed by atoms with Gasteiger partial charge in [-0.2, -0.15) is 11.8 Å². The lowest BCUT2D eigenvalue weighted by atomic mass is 9.68. The van der Waals surface area contributed by atoms with Gasteiger partial charge in [-0.15, -0.1) is 0 Å². The number of Topliss-reactive ketones (excluding diaryl/α,β-unsaturated/α-hetero) is 1. The van der Waals surface area contributed by atoms with Crippen molar-refractivity contribution < 1.29 is 23.9 Å². The van der Waals surface area contributed by atoms with Crippen molar-refractivity contribution in [3.63, 3.8) is 0 Å². The van der Waals surface area contributed by atoms with Crippen molar-refractivity contribution in [3.05, 3.63) is 70.6 Å². The third-order valence-electron chi connectivity index (χ3n) is 6.76. The summed E-state index contributed by atoms with van der Waals surface area (Å²) in [4.78, 5) is 39.9. The molecule has 1 N–H and O–H groups in total. The van der Waals surface area contributed by atoms with Crippen LogP contribution in [0, 0.1) is 11.8 Å². The molecule has 6 nitrogen and oxygen atoms in total. The van der Waals surface area contributed by atoms with Gasteiger partial charge in [0.15, 0.2) is 5.78 Å². The fourth-order valence-electron chi connectivity index (χ4n) is 5.18. The topological polar surface area (TPSA) is 81.7 Å². The predicted molar refractivity (Wildman–Crippen MR) is 138 cm³/mol. The number of esters is 2. The van der Waals surface area contributed by atoms with Crippen LogP contribution in [-0.4, -0.2) is 42.9 Å². The van der Waals surface area contributed by atoms with E-state index >= 15 is 0 Å². The average Bonchev–Trinajstić information content (AvgIpc) is 2.85. The first-order valence-corrected chi connectivity index (χ1v) is 13.1. The second-order valence-electron chi connectivity index (χ2n) is 8.94. The van der Waals surface area contributed by atoms with Crippen molar-refractivity contribution in [2.24, 2.45) is 11.8 Å². The van der Waals surface area contributed by atoms with Gasteiger partial charge >= 0.3 is 11.9 Å². The minimum atomic E-state index is -0.908. The third kappa shape index (κ3) is 4.74. The Morgan fingerprint density at radius 1 is 1.14 bits per heavy atom. The zero-order valence-electron chi connectivity index (χ0n) is 20.6. The van der Waals surface area contributed by atoms with Crippen LogP contribution < -0.4 is 5.32 Å². The molecule has 1 heterocycles. The van der Waals surface area contributed by atoms with E-state index in [0.717, 1.165) is 27.8 Å². The van der Waals surface area contributed by atoms with Crippen LogP contribution in [0.3, 0.4) is 0 Å². The number of benzene rings is 2. The highest BCUT2D eigenvalue weighted by molar-refractivity contribution is 7.99. The molecule has 35 heavy (non-hydrogen) atoms. The summed E-state index contributed by atoms with van der Waals surface area (Å²) in [6.45, 7) is 6.08. The standard InChI is InChI=1S/C28H31NO5S/c1-5-35-14-13-34-28(32)23-17(3)29-21-15-16(2)22(27(31)33-4)26(30)25(21)24(23)20-12-8-10-18-9-6-7-11-19(18)20/h6-12,16,22,24,29H,5,13-15H2,1-4H3. The summed E-state index contributed by atoms with van der Waals surface area (Å²) in [5.41, 5.74) is 3.14. The lowest BCUT2D eigenvalue weighted by Gasteiger charge is -2.38. The molecule has 2 aromatic rings. The summed E-state index contributed by atoms with van der Waals surface area (Å²) in [7, 11) is 1.30. The number of hydrogen-bond donors (Lipinski definition) is 1. The largest absolute Gasteiger partial charge is 0.468 e. The zero-order valence-corrected chi connectivity index (χ0v) is 21.4. The van der Waals surface area contributed by atoms with Crippen molar-refractivity contribution >= 4 is 40.3 Å². The summed E-state index contributed by atoms with van der Waals surface area (Å²) in [5, 5.41) is 5.28. The van der Waals surface area contributed by atoms with E-state index in [1.54, 1.807) is 11.8 Å². The molecule has 184 valence electrons. The maximum absolute atomic E-state index is 13.9. The number of carbonyl (C=O) groups excluding carboxylic acids is 3. The summed E-state index contributed by atoms with van der Waals surface area (Å²) < 4.78 is 10.7. The normalized spacial score (nSPS) is 22.1. The van der Waals surface area contributed by atoms with E-state index in [9.17, 15) is 14.4 Å². The molecule has 1 aliphatic heterocycles. The SMILES string of the molecule is CCSCCOC(=O)C1=C(C)NC2=C(C(=O)C(C(=O)OC)C(C)C2)C1c1cccc2ccccc12. The lowest BCUT2D eigenvalue weighted by Crippen LogP contribution is -2.43. The highest BCUT2D eigenvalue weighted by Gasteiger charge is 2.47. The molecule has 1 aliphatic carbocycles. The van der Waals surface area contributed by atoms with Gasteiger partial charge in [0.05, 0.1) is 12.7 Å². The van der Waals surface area contributed by atoms with E-state index in [1.807, 2.05) is 56.3 Å². The molecule has 3 atom stereocenters. The number of thioether (sulfide) groups is 1. The Kier molecular flexibility index (Phi) is 7.65. The molecule has 0 bridgehead atoms. The van der Waals surface area contributed by atoms with Gasteiger partial charge in [-0.05, 0) is 41.4 Å². The quantitative estimate of drug-likeness (QED) is 0.339. The summed E-state index contributed by atoms with van der Waals surface area (Å²) in [6.07, 6.45) is 0.509. The summed E-state index contributed by atoms with van der Waals surface area (Å²) >= 11 is 1.70. The van der Waals surface area contributed by atoms with Crippen molar-refractivity contribution in [2.45, 2.75) is 33.1 Å². The maximum Gasteiger partial charge on any atom is 0.336 e. The summed E-state index contributed by atoms with van der Waals surface area (Å²) in [6, 6.07) is 13.8. The van der Waals surface area contributed by atoms with Gasteiger partial charge in [0.2, 0.25) is 0 Å². The van der Waals surface area contributed by atoms with Crippen LogP contribution in [0.1, 0.15) is 38.7 Å². The number of ketones is 1. The molecular weight excluding hydrogens is 462 g/mol. The molecule has 2 aromatic carbocycles. The Balaban J connectivity index is 1.87. The molecule has 4 rings (SSSR count). The van der Waals surface area contributed by atoms with Crippen molar-refractivity contribution in [1.29, 1.82) is 0 Å². The van der Waals surface area contributed by atoms with Crippen LogP contribution in [0.5, 0.6) is 0 Å². The monoisotopic (exact) mass is 493 g/mol. The Morgan fingerprint density at radius 2 is 1.89 bits per heavy atom. The molecule has 2 aliphatic rings. The first-order chi connectivity index (χ1) is 16.9. The van der Waals surface area contributed by atoms with Gasteiger partial charge in [0.25, 0.3) is 0 Å². The van der Waals surface area contributed by atoms with Gasteiger partial charge in [0.1, 0.15) is 12.5 Å². The van der Waals surface area contributed by atoms with Gasteiger partial charge in [-0.1, -0.05) is 56.3 Å². The summed E-state index contributed by atoms with van der Waals surface area (Å²) in [5.74, 6) is -1.41. The Hall–Kier alpha value is -3.06. The van der Waals surface area contributed by atoms with Crippen LogP contribution >= 0.6 is 11.8 Å². The number of dihydropyridines is 1.